The third kappa shape index (κ3) is 2.99. The van der Waals surface area contributed by atoms with Crippen LogP contribution < -0.4 is 5.73 Å². The average molecular weight is 342 g/mol. The van der Waals surface area contributed by atoms with E-state index in [2.05, 4.69) is 12.1 Å². The number of nitrogen functional groups attached to an aromatic ring is 1. The summed E-state index contributed by atoms with van der Waals surface area (Å²) in [4.78, 5) is 0. The van der Waals surface area contributed by atoms with E-state index in [0.717, 1.165) is 49.7 Å². The lowest BCUT2D eigenvalue weighted by Gasteiger charge is -2.30. The van der Waals surface area contributed by atoms with Crippen LogP contribution in [0.25, 0.3) is 0 Å². The zero-order valence-electron chi connectivity index (χ0n) is 14.1. The predicted molar refractivity (Wildman–Crippen MR) is 96.9 cm³/mol. The molecule has 0 bridgehead atoms. The molecule has 0 unspecified atom stereocenters. The molecule has 0 radical (unpaired) electrons. The minimum absolute atomic E-state index is 0.268. The zero-order chi connectivity index (χ0) is 17.1. The molecule has 24 heavy (non-hydrogen) atoms. The average Bonchev–Trinajstić information content (AvgIpc) is 2.64. The van der Waals surface area contributed by atoms with Gasteiger partial charge in [0.1, 0.15) is 6.07 Å². The first-order chi connectivity index (χ1) is 11.7. The van der Waals surface area contributed by atoms with Crippen LogP contribution >= 0.6 is 11.6 Å². The van der Waals surface area contributed by atoms with Crippen LogP contribution in [0.15, 0.2) is 0 Å². The summed E-state index contributed by atoms with van der Waals surface area (Å²) < 4.78 is 0. The fraction of sp³-hybridized carbons (Fsp3) is 0.600. The number of nitrogens with zero attached hydrogens (tertiary/aromatic N) is 2. The normalized spacial score (nSPS) is 19.6. The Morgan fingerprint density at radius 3 is 1.67 bits per heavy atom. The van der Waals surface area contributed by atoms with Crippen molar-refractivity contribution in [3.05, 3.63) is 27.3 Å². The van der Waals surface area contributed by atoms with Crippen molar-refractivity contribution in [2.75, 3.05) is 5.73 Å². The molecule has 2 N–H and O–H groups in total. The Kier molecular flexibility index (Phi) is 5.32. The van der Waals surface area contributed by atoms with Crippen LogP contribution in [0.1, 0.15) is 98.3 Å². The molecular formula is C20H24ClN3. The Bertz CT molecular complexity index is 699. The Morgan fingerprint density at radius 1 is 0.750 bits per heavy atom. The van der Waals surface area contributed by atoms with Crippen LogP contribution in [0.4, 0.5) is 5.69 Å². The van der Waals surface area contributed by atoms with Gasteiger partial charge in [-0.2, -0.15) is 10.5 Å². The minimum Gasteiger partial charge on any atom is -0.396 e. The first-order valence-electron chi connectivity index (χ1n) is 9.14. The smallest absolute Gasteiger partial charge is 0.102 e. The number of rotatable bonds is 2. The van der Waals surface area contributed by atoms with Gasteiger partial charge in [-0.05, 0) is 48.6 Å². The van der Waals surface area contributed by atoms with Gasteiger partial charge in [0, 0.05) is 0 Å². The van der Waals surface area contributed by atoms with Crippen LogP contribution in [0.5, 0.6) is 0 Å². The van der Waals surface area contributed by atoms with Gasteiger partial charge in [-0.15, -0.1) is 0 Å². The standard InChI is InChI=1S/C20H24ClN3/c21-19-18(14-9-5-2-6-10-14)15(11-22)17(16(12-23)20(19)24)13-7-3-1-4-8-13/h13-14H,1-10,24H2. The summed E-state index contributed by atoms with van der Waals surface area (Å²) >= 11 is 6.58. The lowest BCUT2D eigenvalue weighted by atomic mass is 9.75. The van der Waals surface area contributed by atoms with E-state index < -0.39 is 0 Å². The molecule has 0 saturated heterocycles. The van der Waals surface area contributed by atoms with E-state index in [1.54, 1.807) is 0 Å². The van der Waals surface area contributed by atoms with Crippen molar-refractivity contribution in [3.8, 4) is 12.1 Å². The van der Waals surface area contributed by atoms with Gasteiger partial charge in [0.05, 0.1) is 27.9 Å². The van der Waals surface area contributed by atoms with Gasteiger partial charge >= 0.3 is 0 Å². The van der Waals surface area contributed by atoms with Gasteiger partial charge in [-0.1, -0.05) is 50.1 Å². The summed E-state index contributed by atoms with van der Waals surface area (Å²) in [6.07, 6.45) is 11.3. The molecule has 2 saturated carbocycles. The number of nitrogens with two attached hydrogens (primary N) is 1. The summed E-state index contributed by atoms with van der Waals surface area (Å²) in [6, 6.07) is 4.66. The Labute approximate surface area is 149 Å². The van der Waals surface area contributed by atoms with Gasteiger partial charge in [-0.25, -0.2) is 0 Å². The second kappa shape index (κ2) is 7.45. The Morgan fingerprint density at radius 2 is 1.21 bits per heavy atom. The molecule has 1 aromatic carbocycles. The molecule has 0 spiro atoms. The molecule has 2 aliphatic carbocycles. The zero-order valence-corrected chi connectivity index (χ0v) is 14.8. The summed E-state index contributed by atoms with van der Waals surface area (Å²) in [5.41, 5.74) is 9.58. The van der Waals surface area contributed by atoms with E-state index >= 15 is 0 Å². The maximum atomic E-state index is 9.94. The lowest BCUT2D eigenvalue weighted by Crippen LogP contribution is -2.16. The third-order valence-electron chi connectivity index (χ3n) is 5.80. The largest absolute Gasteiger partial charge is 0.396 e. The summed E-state index contributed by atoms with van der Waals surface area (Å²) in [5, 5.41) is 20.1. The Balaban J connectivity index is 2.20. The summed E-state index contributed by atoms with van der Waals surface area (Å²) in [6.45, 7) is 0. The first-order valence-corrected chi connectivity index (χ1v) is 9.51. The molecule has 0 heterocycles. The van der Waals surface area contributed by atoms with E-state index in [9.17, 15) is 10.5 Å². The highest BCUT2D eigenvalue weighted by Crippen LogP contribution is 2.47. The fourth-order valence-corrected chi connectivity index (χ4v) is 4.94. The predicted octanol–water partition coefficient (Wildman–Crippen LogP) is 5.76. The van der Waals surface area contributed by atoms with Gasteiger partial charge in [0.2, 0.25) is 0 Å². The SMILES string of the molecule is N#Cc1c(N)c(Cl)c(C2CCCCC2)c(C#N)c1C1CCCCC1. The maximum Gasteiger partial charge on any atom is 0.102 e. The molecule has 4 heteroatoms. The number of anilines is 1. The molecule has 0 amide bonds. The molecule has 0 aliphatic heterocycles. The van der Waals surface area contributed by atoms with Crippen LogP contribution in [-0.4, -0.2) is 0 Å². The first kappa shape index (κ1) is 17.1. The van der Waals surface area contributed by atoms with Crippen molar-refractivity contribution in [2.45, 2.75) is 76.0 Å². The van der Waals surface area contributed by atoms with E-state index in [0.29, 0.717) is 27.8 Å². The molecule has 1 aromatic rings. The molecule has 3 nitrogen and oxygen atoms in total. The van der Waals surface area contributed by atoms with Crippen molar-refractivity contribution >= 4 is 17.3 Å². The Hall–Kier alpha value is -1.71. The van der Waals surface area contributed by atoms with Crippen molar-refractivity contribution in [1.82, 2.24) is 0 Å². The van der Waals surface area contributed by atoms with Crippen molar-refractivity contribution in [2.24, 2.45) is 0 Å². The highest BCUT2D eigenvalue weighted by atomic mass is 35.5. The van der Waals surface area contributed by atoms with Gasteiger partial charge in [0.25, 0.3) is 0 Å². The molecule has 0 atom stereocenters. The number of benzene rings is 1. The second-order valence-electron chi connectivity index (χ2n) is 7.20. The van der Waals surface area contributed by atoms with Crippen LogP contribution in [-0.2, 0) is 0 Å². The third-order valence-corrected chi connectivity index (χ3v) is 6.21. The monoisotopic (exact) mass is 341 g/mol. The van der Waals surface area contributed by atoms with Crippen molar-refractivity contribution in [1.29, 1.82) is 10.5 Å². The lowest BCUT2D eigenvalue weighted by molar-refractivity contribution is 0.434. The number of halogens is 1. The van der Waals surface area contributed by atoms with Crippen molar-refractivity contribution in [3.63, 3.8) is 0 Å². The number of hydrogen-bond acceptors (Lipinski definition) is 3. The van der Waals surface area contributed by atoms with E-state index in [-0.39, 0.29) is 5.92 Å². The van der Waals surface area contributed by atoms with Crippen LogP contribution in [0.2, 0.25) is 5.02 Å². The van der Waals surface area contributed by atoms with Crippen molar-refractivity contribution < 1.29 is 0 Å². The quantitative estimate of drug-likeness (QED) is 0.695. The summed E-state index contributed by atoms with van der Waals surface area (Å²) in [7, 11) is 0. The van der Waals surface area contributed by atoms with E-state index in [4.69, 9.17) is 17.3 Å². The topological polar surface area (TPSA) is 73.6 Å². The van der Waals surface area contributed by atoms with Gasteiger partial charge in [0.15, 0.2) is 0 Å². The van der Waals surface area contributed by atoms with E-state index in [1.807, 2.05) is 0 Å². The van der Waals surface area contributed by atoms with Gasteiger partial charge in [-0.3, -0.25) is 0 Å². The minimum atomic E-state index is 0.268. The van der Waals surface area contributed by atoms with Crippen LogP contribution in [0.3, 0.4) is 0 Å². The molecular weight excluding hydrogens is 318 g/mol. The van der Waals surface area contributed by atoms with Crippen LogP contribution in [0, 0.1) is 22.7 Å². The molecule has 0 aromatic heterocycles. The highest BCUT2D eigenvalue weighted by molar-refractivity contribution is 6.34. The van der Waals surface area contributed by atoms with E-state index in [1.165, 1.54) is 25.7 Å². The highest BCUT2D eigenvalue weighted by Gasteiger charge is 2.31. The molecule has 126 valence electrons. The second-order valence-corrected chi connectivity index (χ2v) is 7.58. The number of nitriles is 2. The fourth-order valence-electron chi connectivity index (χ4n) is 4.59. The molecule has 2 fully saturated rings. The number of hydrogen-bond donors (Lipinski definition) is 1. The summed E-state index contributed by atoms with van der Waals surface area (Å²) in [5.74, 6) is 0.572. The maximum absolute atomic E-state index is 9.94. The molecule has 3 rings (SSSR count). The van der Waals surface area contributed by atoms with Gasteiger partial charge < -0.3 is 5.73 Å². The molecule has 2 aliphatic rings.